The Morgan fingerprint density at radius 3 is 2.66 bits per heavy atom. The number of nitrogens with one attached hydrogen (secondary N) is 1. The van der Waals surface area contributed by atoms with Crippen molar-refractivity contribution in [1.82, 2.24) is 14.9 Å². The van der Waals surface area contributed by atoms with Crippen molar-refractivity contribution in [2.24, 2.45) is 16.9 Å². The van der Waals surface area contributed by atoms with Gasteiger partial charge in [0.15, 0.2) is 0 Å². The SMILES string of the molecule is NC(=O)N1CCC2=C(C1)C(CCc1nc3ccc(Cl)cc3[nH]1)(C(N)=O)CC=C2c1cccc(C(F)(F)F)c1. The minimum Gasteiger partial charge on any atom is -0.369 e. The number of alkyl halides is 3. The third-order valence-electron chi connectivity index (χ3n) is 7.47. The van der Waals surface area contributed by atoms with E-state index in [9.17, 15) is 22.8 Å². The quantitative estimate of drug-likeness (QED) is 0.410. The number of hydrogen-bond acceptors (Lipinski definition) is 3. The Morgan fingerprint density at radius 2 is 1.95 bits per heavy atom. The van der Waals surface area contributed by atoms with E-state index in [1.807, 2.05) is 0 Å². The van der Waals surface area contributed by atoms with Crippen molar-refractivity contribution in [3.05, 3.63) is 81.7 Å². The number of aromatic amines is 1. The molecule has 2 heterocycles. The summed E-state index contributed by atoms with van der Waals surface area (Å²) in [5.41, 5.74) is 13.5. The predicted octanol–water partition coefficient (Wildman–Crippen LogP) is 5.21. The second-order valence-electron chi connectivity index (χ2n) is 9.66. The predicted molar refractivity (Wildman–Crippen MR) is 138 cm³/mol. The number of aryl methyl sites for hydroxylation is 1. The number of allylic oxidation sites excluding steroid dienone is 2. The van der Waals surface area contributed by atoms with Gasteiger partial charge in [0.2, 0.25) is 5.91 Å². The maximum Gasteiger partial charge on any atom is 0.416 e. The number of hydrogen-bond donors (Lipinski definition) is 3. The number of primary amides is 2. The van der Waals surface area contributed by atoms with Gasteiger partial charge in [-0.25, -0.2) is 9.78 Å². The first-order valence-electron chi connectivity index (χ1n) is 12.1. The molecule has 0 radical (unpaired) electrons. The molecule has 2 aliphatic rings. The third-order valence-corrected chi connectivity index (χ3v) is 7.70. The Labute approximate surface area is 221 Å². The molecule has 1 aromatic heterocycles. The molecule has 5 N–H and O–H groups in total. The van der Waals surface area contributed by atoms with Crippen LogP contribution < -0.4 is 11.5 Å². The summed E-state index contributed by atoms with van der Waals surface area (Å²) in [6.07, 6.45) is -1.55. The van der Waals surface area contributed by atoms with Gasteiger partial charge in [0, 0.05) is 24.5 Å². The van der Waals surface area contributed by atoms with Gasteiger partial charge in [-0.1, -0.05) is 29.8 Å². The standard InChI is InChI=1S/C27H25ClF3N5O2/c28-17-4-5-21-22(13-17)35-23(34-21)7-10-26(24(32)37)9-6-18(15-2-1-3-16(12-15)27(29,30)31)19-8-11-36(25(33)38)14-20(19)26/h1-6,12-13H,7-11,14H2,(H2,32,37)(H2,33,38)(H,34,35). The molecule has 38 heavy (non-hydrogen) atoms. The molecule has 0 saturated carbocycles. The number of imidazole rings is 1. The van der Waals surface area contributed by atoms with Crippen LogP contribution in [0.2, 0.25) is 5.02 Å². The van der Waals surface area contributed by atoms with E-state index in [4.69, 9.17) is 23.1 Å². The van der Waals surface area contributed by atoms with E-state index in [2.05, 4.69) is 9.97 Å². The molecule has 3 aromatic rings. The van der Waals surface area contributed by atoms with E-state index in [1.165, 1.54) is 11.0 Å². The lowest BCUT2D eigenvalue weighted by Crippen LogP contribution is -2.49. The van der Waals surface area contributed by atoms with Crippen LogP contribution in [0.15, 0.2) is 59.7 Å². The Bertz CT molecular complexity index is 1510. The van der Waals surface area contributed by atoms with Crippen LogP contribution in [0.1, 0.15) is 36.2 Å². The first kappa shape index (κ1) is 25.8. The number of aromatic nitrogens is 2. The number of halogens is 4. The number of carbonyl (C=O) groups excluding carboxylic acids is 2. The van der Waals surface area contributed by atoms with Crippen molar-refractivity contribution in [3.63, 3.8) is 0 Å². The molecule has 1 atom stereocenters. The summed E-state index contributed by atoms with van der Waals surface area (Å²) >= 11 is 6.08. The number of carbonyl (C=O) groups is 2. The number of fused-ring (bicyclic) bond motifs is 1. The number of nitrogens with zero attached hydrogens (tertiary/aromatic N) is 2. The van der Waals surface area contributed by atoms with Crippen molar-refractivity contribution in [3.8, 4) is 0 Å². The molecule has 3 amide bonds. The summed E-state index contributed by atoms with van der Waals surface area (Å²) in [7, 11) is 0. The summed E-state index contributed by atoms with van der Waals surface area (Å²) < 4.78 is 40.3. The van der Waals surface area contributed by atoms with Gasteiger partial charge in [-0.2, -0.15) is 13.2 Å². The first-order chi connectivity index (χ1) is 18.0. The third kappa shape index (κ3) is 4.64. The van der Waals surface area contributed by atoms with Gasteiger partial charge >= 0.3 is 12.2 Å². The zero-order valence-electron chi connectivity index (χ0n) is 20.2. The van der Waals surface area contributed by atoms with E-state index in [0.717, 1.165) is 28.7 Å². The van der Waals surface area contributed by atoms with Crippen molar-refractivity contribution < 1.29 is 22.8 Å². The molecule has 5 rings (SSSR count). The molecule has 2 aromatic carbocycles. The van der Waals surface area contributed by atoms with Crippen LogP contribution in [0.5, 0.6) is 0 Å². The molecule has 0 saturated heterocycles. The summed E-state index contributed by atoms with van der Waals surface area (Å²) in [5, 5.41) is 0.560. The van der Waals surface area contributed by atoms with Crippen LogP contribution in [-0.2, 0) is 17.4 Å². The van der Waals surface area contributed by atoms with E-state index in [0.29, 0.717) is 40.4 Å². The number of H-pyrrole nitrogens is 1. The summed E-state index contributed by atoms with van der Waals surface area (Å²) in [5.74, 6) is 0.0649. The molecule has 198 valence electrons. The number of amides is 3. The van der Waals surface area contributed by atoms with E-state index < -0.39 is 29.1 Å². The smallest absolute Gasteiger partial charge is 0.369 e. The lowest BCUT2D eigenvalue weighted by molar-refractivity contribution is -0.137. The maximum atomic E-state index is 13.4. The van der Waals surface area contributed by atoms with Crippen molar-refractivity contribution in [2.45, 2.75) is 31.9 Å². The first-order valence-corrected chi connectivity index (χ1v) is 12.4. The zero-order chi connectivity index (χ0) is 27.2. The molecular formula is C27H25ClF3N5O2. The monoisotopic (exact) mass is 543 g/mol. The van der Waals surface area contributed by atoms with Crippen LogP contribution in [0.4, 0.5) is 18.0 Å². The lowest BCUT2D eigenvalue weighted by atomic mass is 9.65. The highest BCUT2D eigenvalue weighted by atomic mass is 35.5. The fourth-order valence-electron chi connectivity index (χ4n) is 5.48. The van der Waals surface area contributed by atoms with Crippen LogP contribution in [0.25, 0.3) is 16.6 Å². The minimum absolute atomic E-state index is 0.0691. The molecule has 11 heteroatoms. The summed E-state index contributed by atoms with van der Waals surface area (Å²) in [4.78, 5) is 34.4. The molecule has 1 aliphatic heterocycles. The van der Waals surface area contributed by atoms with Gasteiger partial charge < -0.3 is 21.4 Å². The Morgan fingerprint density at radius 1 is 1.16 bits per heavy atom. The highest BCUT2D eigenvalue weighted by Gasteiger charge is 2.46. The van der Waals surface area contributed by atoms with Gasteiger partial charge in [0.25, 0.3) is 0 Å². The van der Waals surface area contributed by atoms with Gasteiger partial charge in [0.1, 0.15) is 5.82 Å². The topological polar surface area (TPSA) is 118 Å². The fraction of sp³-hybridized carbons (Fsp3) is 0.296. The second kappa shape index (κ2) is 9.50. The van der Waals surface area contributed by atoms with Gasteiger partial charge in [-0.3, -0.25) is 4.79 Å². The number of urea groups is 1. The van der Waals surface area contributed by atoms with Crippen molar-refractivity contribution in [1.29, 1.82) is 0 Å². The number of rotatable bonds is 5. The van der Waals surface area contributed by atoms with Crippen molar-refractivity contribution >= 4 is 40.1 Å². The number of benzene rings is 2. The van der Waals surface area contributed by atoms with Crippen LogP contribution in [0, 0.1) is 5.41 Å². The van der Waals surface area contributed by atoms with E-state index in [-0.39, 0.29) is 25.9 Å². The minimum atomic E-state index is -4.49. The Kier molecular flexibility index (Phi) is 6.46. The molecular weight excluding hydrogens is 519 g/mol. The lowest BCUT2D eigenvalue weighted by Gasteiger charge is -2.43. The van der Waals surface area contributed by atoms with E-state index in [1.54, 1.807) is 30.3 Å². The van der Waals surface area contributed by atoms with Crippen molar-refractivity contribution in [2.75, 3.05) is 13.1 Å². The Hall–Kier alpha value is -3.79. The fourth-order valence-corrected chi connectivity index (χ4v) is 5.65. The van der Waals surface area contributed by atoms with Gasteiger partial charge in [-0.05, 0) is 71.9 Å². The summed E-state index contributed by atoms with van der Waals surface area (Å²) in [6, 6.07) is 9.74. The van der Waals surface area contributed by atoms with E-state index >= 15 is 0 Å². The van der Waals surface area contributed by atoms with Gasteiger partial charge in [0.05, 0.1) is 22.0 Å². The maximum absolute atomic E-state index is 13.4. The molecule has 1 aliphatic carbocycles. The zero-order valence-corrected chi connectivity index (χ0v) is 21.0. The highest BCUT2D eigenvalue weighted by Crippen LogP contribution is 2.49. The molecule has 0 spiro atoms. The average Bonchev–Trinajstić information content (AvgIpc) is 3.28. The van der Waals surface area contributed by atoms with Crippen LogP contribution >= 0.6 is 11.6 Å². The Balaban J connectivity index is 1.55. The average molecular weight is 544 g/mol. The van der Waals surface area contributed by atoms with Gasteiger partial charge in [-0.15, -0.1) is 0 Å². The molecule has 1 unspecified atom stereocenters. The largest absolute Gasteiger partial charge is 0.416 e. The molecule has 0 bridgehead atoms. The highest BCUT2D eigenvalue weighted by molar-refractivity contribution is 6.31. The molecule has 0 fully saturated rings. The van der Waals surface area contributed by atoms with Crippen LogP contribution in [-0.4, -0.2) is 39.9 Å². The molecule has 7 nitrogen and oxygen atoms in total. The number of nitrogens with two attached hydrogens (primary N) is 2. The second-order valence-corrected chi connectivity index (χ2v) is 10.1. The summed E-state index contributed by atoms with van der Waals surface area (Å²) in [6.45, 7) is 0.350. The van der Waals surface area contributed by atoms with Crippen LogP contribution in [0.3, 0.4) is 0 Å². The normalized spacial score (nSPS) is 19.9.